The van der Waals surface area contributed by atoms with Crippen LogP contribution in [-0.4, -0.2) is 233 Å². The van der Waals surface area contributed by atoms with Crippen molar-refractivity contribution in [2.75, 3.05) is 218 Å². The lowest BCUT2D eigenvalue weighted by atomic mass is 9.88. The minimum Gasteiger partial charge on any atom is -0.394 e. The van der Waals surface area contributed by atoms with E-state index in [0.717, 1.165) is 6.42 Å². The number of aliphatic hydroxyl groups is 3. The number of aliphatic hydroxyl groups excluding tert-OH is 3. The summed E-state index contributed by atoms with van der Waals surface area (Å²) in [4.78, 5) is 0. The van der Waals surface area contributed by atoms with Crippen LogP contribution < -0.4 is 0 Å². The Morgan fingerprint density at radius 1 is 0.241 bits per heavy atom. The van der Waals surface area contributed by atoms with Crippen molar-refractivity contribution in [3.8, 4) is 0 Å². The molecule has 0 spiro atoms. The summed E-state index contributed by atoms with van der Waals surface area (Å²) in [7, 11) is 0. The maximum Gasteiger partial charge on any atom is 0.0701 e. The Labute approximate surface area is 323 Å². The van der Waals surface area contributed by atoms with E-state index in [9.17, 15) is 0 Å². The van der Waals surface area contributed by atoms with Gasteiger partial charge in [-0.2, -0.15) is 0 Å². The van der Waals surface area contributed by atoms with Crippen molar-refractivity contribution >= 4 is 0 Å². The summed E-state index contributed by atoms with van der Waals surface area (Å²) in [5, 5.41) is 26.0. The molecule has 0 rings (SSSR count). The SMILES string of the molecule is CCC(COCCOCCOCCOCCOCCO)(COCCOCCOCCOCCOCCO)COCCOCCOCCOCCOCCO. The maximum atomic E-state index is 8.67. The van der Waals surface area contributed by atoms with Crippen LogP contribution in [0.25, 0.3) is 0 Å². The van der Waals surface area contributed by atoms with Crippen molar-refractivity contribution in [2.24, 2.45) is 5.41 Å². The van der Waals surface area contributed by atoms with Gasteiger partial charge in [0.15, 0.2) is 0 Å². The summed E-state index contributed by atoms with van der Waals surface area (Å²) >= 11 is 0. The highest BCUT2D eigenvalue weighted by molar-refractivity contribution is 4.78. The molecule has 0 fully saturated rings. The van der Waals surface area contributed by atoms with Crippen LogP contribution >= 0.6 is 0 Å². The highest BCUT2D eigenvalue weighted by atomic mass is 16.6. The Morgan fingerprint density at radius 2 is 0.389 bits per heavy atom. The second-order valence-electron chi connectivity index (χ2n) is 11.5. The van der Waals surface area contributed by atoms with Gasteiger partial charge in [-0.25, -0.2) is 0 Å². The average Bonchev–Trinajstić information content (AvgIpc) is 3.19. The quantitative estimate of drug-likeness (QED) is 0.0673. The molecule has 54 heavy (non-hydrogen) atoms. The molecule has 0 heterocycles. The van der Waals surface area contributed by atoms with Crippen LogP contribution in [0.2, 0.25) is 0 Å². The lowest BCUT2D eigenvalue weighted by molar-refractivity contribution is -0.0923. The Morgan fingerprint density at radius 3 is 0.537 bits per heavy atom. The number of hydrogen-bond acceptors (Lipinski definition) is 18. The summed E-state index contributed by atoms with van der Waals surface area (Å²) < 4.78 is 83.1. The number of ether oxygens (including phenoxy) is 15. The van der Waals surface area contributed by atoms with Gasteiger partial charge >= 0.3 is 0 Å². The molecule has 0 atom stereocenters. The minimum atomic E-state index is -0.356. The monoisotopic (exact) mass is 794 g/mol. The van der Waals surface area contributed by atoms with Gasteiger partial charge in [0.25, 0.3) is 0 Å². The minimum absolute atomic E-state index is 0.00644. The van der Waals surface area contributed by atoms with Crippen molar-refractivity contribution in [3.63, 3.8) is 0 Å². The molecule has 0 aromatic heterocycles. The lowest BCUT2D eigenvalue weighted by Crippen LogP contribution is -2.38. The molecule has 0 saturated heterocycles. The molecule has 0 aromatic carbocycles. The zero-order valence-corrected chi connectivity index (χ0v) is 33.0. The second-order valence-corrected chi connectivity index (χ2v) is 11.5. The molecule has 0 saturated carbocycles. The fourth-order valence-electron chi connectivity index (χ4n) is 4.13. The van der Waals surface area contributed by atoms with E-state index in [1.54, 1.807) is 0 Å². The fourth-order valence-corrected chi connectivity index (χ4v) is 4.13. The lowest BCUT2D eigenvalue weighted by Gasteiger charge is -2.32. The standard InChI is InChI=1S/C36H74O18/c1-2-36(33-52-30-27-49-24-21-46-18-15-43-12-9-40-6-3-37,34-53-31-28-50-25-22-47-19-16-44-13-10-41-7-4-38)35-54-32-29-51-26-23-48-20-17-45-14-11-42-8-5-39/h37-39H,2-35H2,1H3. The summed E-state index contributed by atoms with van der Waals surface area (Å²) in [5.41, 5.74) is -0.356. The van der Waals surface area contributed by atoms with Crippen molar-refractivity contribution in [3.05, 3.63) is 0 Å². The Bertz CT molecular complexity index is 600. The first kappa shape index (κ1) is 53.3. The summed E-state index contributed by atoms with van der Waals surface area (Å²) in [6.07, 6.45) is 0.784. The molecule has 0 unspecified atom stereocenters. The molecule has 0 radical (unpaired) electrons. The van der Waals surface area contributed by atoms with Crippen LogP contribution in [0.1, 0.15) is 13.3 Å². The molecule has 326 valence electrons. The van der Waals surface area contributed by atoms with Gasteiger partial charge in [0.1, 0.15) is 0 Å². The third-order valence-corrected chi connectivity index (χ3v) is 7.15. The van der Waals surface area contributed by atoms with Crippen LogP contribution in [0.4, 0.5) is 0 Å². The van der Waals surface area contributed by atoms with Gasteiger partial charge in [0.2, 0.25) is 0 Å². The third-order valence-electron chi connectivity index (χ3n) is 7.15. The average molecular weight is 795 g/mol. The van der Waals surface area contributed by atoms with E-state index in [-0.39, 0.29) is 25.2 Å². The predicted molar refractivity (Wildman–Crippen MR) is 196 cm³/mol. The van der Waals surface area contributed by atoms with Crippen molar-refractivity contribution < 1.29 is 86.4 Å². The Balaban J connectivity index is 4.20. The molecular weight excluding hydrogens is 720 g/mol. The zero-order valence-electron chi connectivity index (χ0n) is 33.0. The molecule has 0 aliphatic heterocycles. The van der Waals surface area contributed by atoms with E-state index < -0.39 is 0 Å². The van der Waals surface area contributed by atoms with Gasteiger partial charge in [0, 0.05) is 5.41 Å². The van der Waals surface area contributed by atoms with Gasteiger partial charge in [-0.1, -0.05) is 6.92 Å². The summed E-state index contributed by atoms with van der Waals surface area (Å²) in [5.74, 6) is 0. The summed E-state index contributed by atoms with van der Waals surface area (Å²) in [6, 6.07) is 0. The molecule has 0 aliphatic carbocycles. The normalized spacial score (nSPS) is 12.0. The maximum absolute atomic E-state index is 8.67. The van der Waals surface area contributed by atoms with Gasteiger partial charge in [-0.3, -0.25) is 0 Å². The highest BCUT2D eigenvalue weighted by Crippen LogP contribution is 2.24. The molecule has 18 nitrogen and oxygen atoms in total. The molecule has 0 aromatic rings. The van der Waals surface area contributed by atoms with E-state index in [2.05, 4.69) is 6.92 Å². The Kier molecular flexibility index (Phi) is 46.0. The highest BCUT2D eigenvalue weighted by Gasteiger charge is 2.30. The van der Waals surface area contributed by atoms with Gasteiger partial charge in [0.05, 0.1) is 218 Å². The van der Waals surface area contributed by atoms with Crippen LogP contribution in [0.15, 0.2) is 0 Å². The Hall–Kier alpha value is -0.720. The van der Waals surface area contributed by atoms with Crippen molar-refractivity contribution in [1.29, 1.82) is 0 Å². The predicted octanol–water partition coefficient (Wildman–Crippen LogP) is -0.391. The zero-order chi connectivity index (χ0) is 39.1. The molecule has 0 amide bonds. The van der Waals surface area contributed by atoms with E-state index in [0.29, 0.717) is 198 Å². The molecule has 18 heteroatoms. The fraction of sp³-hybridized carbons (Fsp3) is 1.00. The molecule has 3 N–H and O–H groups in total. The molecular formula is C36H74O18. The summed E-state index contributed by atoms with van der Waals surface area (Å²) in [6.45, 7) is 15.3. The molecule has 0 aliphatic rings. The van der Waals surface area contributed by atoms with Gasteiger partial charge in [-0.15, -0.1) is 0 Å². The first-order chi connectivity index (χ1) is 26.7. The van der Waals surface area contributed by atoms with Crippen LogP contribution in [-0.2, 0) is 71.1 Å². The van der Waals surface area contributed by atoms with E-state index in [1.807, 2.05) is 0 Å². The van der Waals surface area contributed by atoms with Crippen LogP contribution in [0.3, 0.4) is 0 Å². The van der Waals surface area contributed by atoms with Gasteiger partial charge in [-0.05, 0) is 6.42 Å². The first-order valence-corrected chi connectivity index (χ1v) is 19.2. The van der Waals surface area contributed by atoms with Gasteiger partial charge < -0.3 is 86.4 Å². The van der Waals surface area contributed by atoms with E-state index in [1.165, 1.54) is 0 Å². The third kappa shape index (κ3) is 40.9. The van der Waals surface area contributed by atoms with E-state index >= 15 is 0 Å². The number of rotatable bonds is 49. The number of hydrogen-bond donors (Lipinski definition) is 3. The molecule has 0 bridgehead atoms. The van der Waals surface area contributed by atoms with Crippen LogP contribution in [0, 0.1) is 5.41 Å². The first-order valence-electron chi connectivity index (χ1n) is 19.2. The van der Waals surface area contributed by atoms with Crippen molar-refractivity contribution in [1.82, 2.24) is 0 Å². The van der Waals surface area contributed by atoms with Crippen LogP contribution in [0.5, 0.6) is 0 Å². The topological polar surface area (TPSA) is 199 Å². The second kappa shape index (κ2) is 46.7. The van der Waals surface area contributed by atoms with Crippen molar-refractivity contribution in [2.45, 2.75) is 13.3 Å². The largest absolute Gasteiger partial charge is 0.394 e. The smallest absolute Gasteiger partial charge is 0.0701 e. The van der Waals surface area contributed by atoms with E-state index in [4.69, 9.17) is 86.4 Å².